The zero-order valence-electron chi connectivity index (χ0n) is 10.2. The third kappa shape index (κ3) is 1.14. The van der Waals surface area contributed by atoms with E-state index in [1.165, 1.54) is 32.3 Å². The summed E-state index contributed by atoms with van der Waals surface area (Å²) in [6, 6.07) is 21.5. The summed E-state index contributed by atoms with van der Waals surface area (Å²) in [5, 5.41) is 7.71. The molecule has 88 valence electrons. The molecule has 0 aromatic heterocycles. The summed E-state index contributed by atoms with van der Waals surface area (Å²) < 4.78 is 5.51. The van der Waals surface area contributed by atoms with Crippen LogP contribution in [0.25, 0.3) is 32.3 Å². The summed E-state index contributed by atoms with van der Waals surface area (Å²) in [5.41, 5.74) is 0. The normalized spacial score (nSPS) is 12.6. The van der Waals surface area contributed by atoms with Gasteiger partial charge in [0.25, 0.3) is 0 Å². The maximum absolute atomic E-state index is 5.51. The van der Waals surface area contributed by atoms with Crippen molar-refractivity contribution >= 4 is 32.3 Å². The first-order valence-electron chi connectivity index (χ1n) is 6.47. The predicted octanol–water partition coefficient (Wildman–Crippen LogP) is 5.25. The molecule has 1 nitrogen and oxygen atoms in total. The molecule has 1 heterocycles. The van der Waals surface area contributed by atoms with Crippen LogP contribution in [0.2, 0.25) is 0 Å². The van der Waals surface area contributed by atoms with E-state index in [1.54, 1.807) is 0 Å². The molecular formula is C18H10O. The van der Waals surface area contributed by atoms with Crippen LogP contribution in [-0.4, -0.2) is 0 Å². The SMILES string of the molecule is c1ccc2c(c1)ccc1ccc3c4c(ccc3c12)O4. The van der Waals surface area contributed by atoms with Crippen molar-refractivity contribution in [1.29, 1.82) is 0 Å². The first-order valence-corrected chi connectivity index (χ1v) is 6.47. The molecule has 0 saturated heterocycles. The van der Waals surface area contributed by atoms with Gasteiger partial charge < -0.3 is 4.74 Å². The van der Waals surface area contributed by atoms with Gasteiger partial charge in [-0.25, -0.2) is 0 Å². The molecule has 19 heavy (non-hydrogen) atoms. The van der Waals surface area contributed by atoms with E-state index in [9.17, 15) is 0 Å². The fourth-order valence-corrected chi connectivity index (χ4v) is 3.04. The number of benzene rings is 4. The molecular weight excluding hydrogens is 232 g/mol. The molecule has 0 radical (unpaired) electrons. The van der Waals surface area contributed by atoms with Gasteiger partial charge in [0, 0.05) is 5.39 Å². The summed E-state index contributed by atoms with van der Waals surface area (Å²) in [6.45, 7) is 0. The lowest BCUT2D eigenvalue weighted by molar-refractivity contribution is 0.653. The van der Waals surface area contributed by atoms with E-state index in [2.05, 4.69) is 60.7 Å². The lowest BCUT2D eigenvalue weighted by Crippen LogP contribution is -1.79. The zero-order valence-corrected chi connectivity index (χ0v) is 10.2. The monoisotopic (exact) mass is 242 g/mol. The van der Waals surface area contributed by atoms with Crippen LogP contribution in [0.3, 0.4) is 0 Å². The van der Waals surface area contributed by atoms with Gasteiger partial charge in [0.15, 0.2) is 11.5 Å². The van der Waals surface area contributed by atoms with Crippen molar-refractivity contribution in [3.05, 3.63) is 60.7 Å². The van der Waals surface area contributed by atoms with Crippen molar-refractivity contribution in [2.24, 2.45) is 0 Å². The Hall–Kier alpha value is -2.54. The molecule has 1 aliphatic heterocycles. The molecule has 0 unspecified atom stereocenters. The molecule has 0 fully saturated rings. The summed E-state index contributed by atoms with van der Waals surface area (Å²) in [4.78, 5) is 0. The smallest absolute Gasteiger partial charge is 0.177 e. The summed E-state index contributed by atoms with van der Waals surface area (Å²) in [7, 11) is 0. The fraction of sp³-hybridized carbons (Fsp3) is 0. The van der Waals surface area contributed by atoms with Crippen molar-refractivity contribution in [2.45, 2.75) is 0 Å². The molecule has 4 aromatic rings. The van der Waals surface area contributed by atoms with Gasteiger partial charge in [-0.1, -0.05) is 42.5 Å². The second kappa shape index (κ2) is 3.07. The molecule has 1 heteroatoms. The van der Waals surface area contributed by atoms with Gasteiger partial charge in [-0.05, 0) is 45.1 Å². The Morgan fingerprint density at radius 2 is 1.37 bits per heavy atom. The Kier molecular flexibility index (Phi) is 1.52. The highest BCUT2D eigenvalue weighted by Crippen LogP contribution is 2.51. The molecule has 5 rings (SSSR count). The lowest BCUT2D eigenvalue weighted by Gasteiger charge is -2.06. The number of hydrogen-bond donors (Lipinski definition) is 0. The molecule has 0 saturated carbocycles. The van der Waals surface area contributed by atoms with Crippen LogP contribution in [0.4, 0.5) is 0 Å². The first kappa shape index (κ1) is 9.40. The van der Waals surface area contributed by atoms with Gasteiger partial charge in [-0.15, -0.1) is 0 Å². The number of fused-ring (bicyclic) bond motifs is 7. The minimum atomic E-state index is 1.02. The van der Waals surface area contributed by atoms with Crippen LogP contribution in [0.5, 0.6) is 11.5 Å². The topological polar surface area (TPSA) is 12.5 Å². The van der Waals surface area contributed by atoms with E-state index in [-0.39, 0.29) is 0 Å². The third-order valence-corrected chi connectivity index (χ3v) is 3.99. The van der Waals surface area contributed by atoms with Crippen molar-refractivity contribution in [3.8, 4) is 11.5 Å². The van der Waals surface area contributed by atoms with Gasteiger partial charge in [-0.3, -0.25) is 0 Å². The Labute approximate surface area is 110 Å². The largest absolute Gasteiger partial charge is 0.449 e. The van der Waals surface area contributed by atoms with E-state index < -0.39 is 0 Å². The molecule has 0 atom stereocenters. The molecule has 0 N–H and O–H groups in total. The van der Waals surface area contributed by atoms with Gasteiger partial charge in [-0.2, -0.15) is 0 Å². The number of ether oxygens (including phenoxy) is 1. The average molecular weight is 242 g/mol. The lowest BCUT2D eigenvalue weighted by atomic mass is 9.97. The molecule has 0 spiro atoms. The highest BCUT2D eigenvalue weighted by atomic mass is 16.6. The maximum atomic E-state index is 5.51. The predicted molar refractivity (Wildman–Crippen MR) is 79.0 cm³/mol. The standard InChI is InChI=1S/C18H10O/c1-2-4-13-11(3-1)5-6-12-7-8-15-14(17(12)13)9-10-16-18(15)19-16/h1-10H. The Morgan fingerprint density at radius 1 is 0.579 bits per heavy atom. The van der Waals surface area contributed by atoms with Gasteiger partial charge in [0.2, 0.25) is 0 Å². The van der Waals surface area contributed by atoms with Crippen LogP contribution < -0.4 is 4.74 Å². The summed E-state index contributed by atoms with van der Waals surface area (Å²) >= 11 is 0. The van der Waals surface area contributed by atoms with Gasteiger partial charge >= 0.3 is 0 Å². The van der Waals surface area contributed by atoms with Crippen molar-refractivity contribution in [2.75, 3.05) is 0 Å². The molecule has 1 aliphatic rings. The number of rotatable bonds is 0. The Morgan fingerprint density at radius 3 is 2.37 bits per heavy atom. The Balaban J connectivity index is 2.14. The first-order chi connectivity index (χ1) is 9.42. The highest BCUT2D eigenvalue weighted by Gasteiger charge is 2.23. The zero-order chi connectivity index (χ0) is 12.4. The van der Waals surface area contributed by atoms with Crippen LogP contribution in [-0.2, 0) is 0 Å². The summed E-state index contributed by atoms with van der Waals surface area (Å²) in [6.07, 6.45) is 0. The van der Waals surface area contributed by atoms with Crippen LogP contribution in [0.1, 0.15) is 0 Å². The van der Waals surface area contributed by atoms with E-state index in [1.807, 2.05) is 0 Å². The second-order valence-electron chi connectivity index (χ2n) is 5.04. The maximum Gasteiger partial charge on any atom is 0.177 e. The molecule has 4 aromatic carbocycles. The fourth-order valence-electron chi connectivity index (χ4n) is 3.04. The molecule has 0 amide bonds. The third-order valence-electron chi connectivity index (χ3n) is 3.99. The number of hydrogen-bond acceptors (Lipinski definition) is 1. The summed E-state index contributed by atoms with van der Waals surface area (Å²) in [5.74, 6) is 2.07. The Bertz CT molecular complexity index is 983. The van der Waals surface area contributed by atoms with Crippen molar-refractivity contribution in [3.63, 3.8) is 0 Å². The quantitative estimate of drug-likeness (QED) is 0.267. The van der Waals surface area contributed by atoms with Crippen LogP contribution in [0.15, 0.2) is 60.7 Å². The minimum Gasteiger partial charge on any atom is -0.449 e. The van der Waals surface area contributed by atoms with E-state index in [4.69, 9.17) is 4.74 Å². The van der Waals surface area contributed by atoms with E-state index in [0.29, 0.717) is 0 Å². The van der Waals surface area contributed by atoms with Crippen LogP contribution in [0, 0.1) is 0 Å². The second-order valence-corrected chi connectivity index (χ2v) is 5.04. The highest BCUT2D eigenvalue weighted by molar-refractivity contribution is 6.21. The van der Waals surface area contributed by atoms with Crippen LogP contribution >= 0.6 is 0 Å². The minimum absolute atomic E-state index is 1.02. The average Bonchev–Trinajstić information content (AvgIpc) is 3.26. The van der Waals surface area contributed by atoms with E-state index in [0.717, 1.165) is 11.5 Å². The van der Waals surface area contributed by atoms with Gasteiger partial charge in [0.05, 0.1) is 0 Å². The van der Waals surface area contributed by atoms with E-state index >= 15 is 0 Å². The molecule has 0 aliphatic carbocycles. The van der Waals surface area contributed by atoms with Crippen molar-refractivity contribution in [1.82, 2.24) is 0 Å². The molecule has 0 bridgehead atoms. The van der Waals surface area contributed by atoms with Crippen molar-refractivity contribution < 1.29 is 4.74 Å². The van der Waals surface area contributed by atoms with Gasteiger partial charge in [0.1, 0.15) is 0 Å².